The first kappa shape index (κ1) is 19.4. The van der Waals surface area contributed by atoms with E-state index in [4.69, 9.17) is 4.74 Å². The molecule has 0 saturated heterocycles. The minimum absolute atomic E-state index is 0.660. The number of rotatable bonds is 6. The average molecular weight is 339 g/mol. The highest BCUT2D eigenvalue weighted by molar-refractivity contribution is 7.99. The van der Waals surface area contributed by atoms with Crippen LogP contribution in [0.4, 0.5) is 4.79 Å². The van der Waals surface area contributed by atoms with E-state index in [1.54, 1.807) is 34.6 Å². The molecule has 2 N–H and O–H groups in total. The van der Waals surface area contributed by atoms with Crippen LogP contribution in [0.3, 0.4) is 0 Å². The lowest BCUT2D eigenvalue weighted by atomic mass is 10.0. The fourth-order valence-corrected chi connectivity index (χ4v) is 2.94. The van der Waals surface area contributed by atoms with E-state index in [1.165, 1.54) is 11.8 Å². The number of carboxylic acids is 1. The average Bonchev–Trinajstić information content (AvgIpc) is 2.41. The van der Waals surface area contributed by atoms with Crippen molar-refractivity contribution in [1.29, 1.82) is 0 Å². The summed E-state index contributed by atoms with van der Waals surface area (Å²) in [4.78, 5) is 23.5. The summed E-state index contributed by atoms with van der Waals surface area (Å²) in [5, 5.41) is 11.9. The molecule has 0 aliphatic heterocycles. The Morgan fingerprint density at radius 1 is 1.17 bits per heavy atom. The van der Waals surface area contributed by atoms with Crippen LogP contribution in [-0.4, -0.2) is 33.6 Å². The Hall–Kier alpha value is -1.69. The Balaban J connectivity index is 2.74. The molecule has 1 unspecified atom stereocenters. The Kier molecular flexibility index (Phi) is 6.50. The van der Waals surface area contributed by atoms with Crippen molar-refractivity contribution in [3.05, 3.63) is 35.9 Å². The normalized spacial score (nSPS) is 13.3. The number of ether oxygens (including phenoxy) is 1. The number of hydrogen-bond acceptors (Lipinski definition) is 4. The topological polar surface area (TPSA) is 75.6 Å². The van der Waals surface area contributed by atoms with Crippen molar-refractivity contribution in [2.75, 3.05) is 0 Å². The summed E-state index contributed by atoms with van der Waals surface area (Å²) >= 11 is 1.48. The molecule has 0 fully saturated rings. The van der Waals surface area contributed by atoms with E-state index in [2.05, 4.69) is 5.32 Å². The first-order valence-corrected chi connectivity index (χ1v) is 8.40. The van der Waals surface area contributed by atoms with Crippen molar-refractivity contribution in [3.8, 4) is 0 Å². The van der Waals surface area contributed by atoms with Gasteiger partial charge in [-0.15, -0.1) is 11.8 Å². The molecule has 0 saturated carbocycles. The van der Waals surface area contributed by atoms with Gasteiger partial charge in [-0.25, -0.2) is 9.59 Å². The number of carbonyl (C=O) groups excluding carboxylic acids is 1. The Morgan fingerprint density at radius 2 is 1.74 bits per heavy atom. The largest absolute Gasteiger partial charge is 0.480 e. The molecule has 0 heterocycles. The minimum atomic E-state index is -1.08. The van der Waals surface area contributed by atoms with Gasteiger partial charge < -0.3 is 15.2 Å². The lowest BCUT2D eigenvalue weighted by Crippen LogP contribution is -2.53. The van der Waals surface area contributed by atoms with Crippen LogP contribution in [0.2, 0.25) is 0 Å². The first-order valence-electron chi connectivity index (χ1n) is 7.41. The molecular formula is C17H25NO4S. The summed E-state index contributed by atoms with van der Waals surface area (Å²) in [5.74, 6) is -0.422. The number of nitrogens with one attached hydrogen (secondary N) is 1. The van der Waals surface area contributed by atoms with Gasteiger partial charge in [-0.3, -0.25) is 0 Å². The van der Waals surface area contributed by atoms with Gasteiger partial charge in [0.05, 0.1) is 0 Å². The summed E-state index contributed by atoms with van der Waals surface area (Å²) in [5.41, 5.74) is 0.432. The lowest BCUT2D eigenvalue weighted by molar-refractivity contribution is -0.140. The van der Waals surface area contributed by atoms with Crippen LogP contribution < -0.4 is 5.32 Å². The summed E-state index contributed by atoms with van der Waals surface area (Å²) in [7, 11) is 0. The van der Waals surface area contributed by atoms with Crippen LogP contribution in [0.25, 0.3) is 0 Å². The summed E-state index contributed by atoms with van der Waals surface area (Å²) in [6, 6.07) is 8.74. The Morgan fingerprint density at radius 3 is 2.22 bits per heavy atom. The molecule has 1 aromatic rings. The lowest BCUT2D eigenvalue weighted by Gasteiger charge is -2.32. The maximum atomic E-state index is 11.9. The standard InChI is InChI=1S/C17H25NO4S/c1-16(2,3)22-15(21)18-13(14(19)20)17(4,5)23-11-12-9-7-6-8-10-12/h6-10,13H,11H2,1-5H3,(H,18,21)(H,19,20). The SMILES string of the molecule is CC(C)(C)OC(=O)NC(C(=O)O)C(C)(C)SCc1ccccc1. The maximum Gasteiger partial charge on any atom is 0.408 e. The second kappa shape index (κ2) is 7.73. The van der Waals surface area contributed by atoms with Crippen LogP contribution >= 0.6 is 11.8 Å². The third-order valence-corrected chi connectivity index (χ3v) is 4.51. The molecule has 0 aliphatic rings. The molecule has 23 heavy (non-hydrogen) atoms. The van der Waals surface area contributed by atoms with Crippen LogP contribution in [0.15, 0.2) is 30.3 Å². The highest BCUT2D eigenvalue weighted by Gasteiger charge is 2.38. The molecule has 0 bridgehead atoms. The summed E-state index contributed by atoms with van der Waals surface area (Å²) < 4.78 is 4.46. The van der Waals surface area contributed by atoms with Gasteiger partial charge >= 0.3 is 12.1 Å². The third kappa shape index (κ3) is 6.95. The van der Waals surface area contributed by atoms with E-state index < -0.39 is 28.5 Å². The number of alkyl carbamates (subject to hydrolysis) is 1. The minimum Gasteiger partial charge on any atom is -0.480 e. The molecule has 1 aromatic carbocycles. The molecule has 1 amide bonds. The predicted molar refractivity (Wildman–Crippen MR) is 92.6 cm³/mol. The molecular weight excluding hydrogens is 314 g/mol. The number of carbonyl (C=O) groups is 2. The molecule has 1 rings (SSSR count). The highest BCUT2D eigenvalue weighted by atomic mass is 32.2. The van der Waals surface area contributed by atoms with Crippen LogP contribution in [0, 0.1) is 0 Å². The second-order valence-corrected chi connectivity index (χ2v) is 8.42. The molecule has 0 spiro atoms. The highest BCUT2D eigenvalue weighted by Crippen LogP contribution is 2.31. The zero-order valence-corrected chi connectivity index (χ0v) is 15.1. The molecule has 0 aromatic heterocycles. The van der Waals surface area contributed by atoms with Gasteiger partial charge in [-0.05, 0) is 40.2 Å². The van der Waals surface area contributed by atoms with Crippen molar-refractivity contribution in [2.45, 2.75) is 56.8 Å². The van der Waals surface area contributed by atoms with Crippen LogP contribution in [0.5, 0.6) is 0 Å². The molecule has 1 atom stereocenters. The fourth-order valence-electron chi connectivity index (χ4n) is 1.89. The smallest absolute Gasteiger partial charge is 0.408 e. The zero-order valence-electron chi connectivity index (χ0n) is 14.3. The monoisotopic (exact) mass is 339 g/mol. The summed E-state index contributed by atoms with van der Waals surface area (Å²) in [6.45, 7) is 8.81. The number of hydrogen-bond donors (Lipinski definition) is 2. The van der Waals surface area contributed by atoms with Crippen LogP contribution in [0.1, 0.15) is 40.2 Å². The van der Waals surface area contributed by atoms with E-state index in [0.29, 0.717) is 5.75 Å². The number of aliphatic carboxylic acids is 1. The Labute approximate surface area is 141 Å². The van der Waals surface area contributed by atoms with E-state index in [1.807, 2.05) is 30.3 Å². The van der Waals surface area contributed by atoms with Crippen LogP contribution in [-0.2, 0) is 15.3 Å². The summed E-state index contributed by atoms with van der Waals surface area (Å²) in [6.07, 6.45) is -0.724. The van der Waals surface area contributed by atoms with Crippen molar-refractivity contribution in [2.24, 2.45) is 0 Å². The van der Waals surface area contributed by atoms with Gasteiger partial charge in [0.25, 0.3) is 0 Å². The third-order valence-electron chi connectivity index (χ3n) is 3.06. The van der Waals surface area contributed by atoms with Crippen molar-refractivity contribution in [3.63, 3.8) is 0 Å². The number of carboxylic acid groups (broad SMARTS) is 1. The molecule has 0 aliphatic carbocycles. The van der Waals surface area contributed by atoms with Gasteiger partial charge in [-0.1, -0.05) is 30.3 Å². The second-order valence-electron chi connectivity index (χ2n) is 6.80. The number of thioether (sulfide) groups is 1. The van der Waals surface area contributed by atoms with Gasteiger partial charge in [0.15, 0.2) is 0 Å². The number of benzene rings is 1. The molecule has 5 nitrogen and oxygen atoms in total. The fraction of sp³-hybridized carbons (Fsp3) is 0.529. The van der Waals surface area contributed by atoms with E-state index in [0.717, 1.165) is 5.56 Å². The maximum absolute atomic E-state index is 11.9. The van der Waals surface area contributed by atoms with E-state index in [-0.39, 0.29) is 0 Å². The van der Waals surface area contributed by atoms with Crippen molar-refractivity contribution < 1.29 is 19.4 Å². The molecule has 0 radical (unpaired) electrons. The number of amides is 1. The van der Waals surface area contributed by atoms with E-state index >= 15 is 0 Å². The van der Waals surface area contributed by atoms with Gasteiger partial charge in [0.2, 0.25) is 0 Å². The first-order chi connectivity index (χ1) is 10.5. The molecule has 6 heteroatoms. The Bertz CT molecular complexity index is 537. The van der Waals surface area contributed by atoms with Crippen molar-refractivity contribution >= 4 is 23.8 Å². The zero-order chi connectivity index (χ0) is 17.7. The van der Waals surface area contributed by atoms with E-state index in [9.17, 15) is 14.7 Å². The quantitative estimate of drug-likeness (QED) is 0.827. The predicted octanol–water partition coefficient (Wildman–Crippen LogP) is 3.68. The van der Waals surface area contributed by atoms with Gasteiger partial charge in [-0.2, -0.15) is 0 Å². The van der Waals surface area contributed by atoms with Gasteiger partial charge in [0, 0.05) is 10.5 Å². The van der Waals surface area contributed by atoms with Gasteiger partial charge in [0.1, 0.15) is 11.6 Å². The molecule has 128 valence electrons. The van der Waals surface area contributed by atoms with Crippen molar-refractivity contribution in [1.82, 2.24) is 5.32 Å².